The van der Waals surface area contributed by atoms with Gasteiger partial charge < -0.3 is 5.32 Å². The third kappa shape index (κ3) is 3.92. The van der Waals surface area contributed by atoms with Gasteiger partial charge >= 0.3 is 12.1 Å². The lowest BCUT2D eigenvalue weighted by Crippen LogP contribution is -2.29. The second-order valence-electron chi connectivity index (χ2n) is 3.81. The third-order valence-corrected chi connectivity index (χ3v) is 2.99. The molecule has 2 rings (SSSR count). The maximum absolute atomic E-state index is 12.1. The van der Waals surface area contributed by atoms with Crippen LogP contribution in [0, 0.1) is 0 Å². The summed E-state index contributed by atoms with van der Waals surface area (Å²) < 4.78 is 40.1. The van der Waals surface area contributed by atoms with Crippen molar-refractivity contribution >= 4 is 34.6 Å². The van der Waals surface area contributed by atoms with Crippen LogP contribution in [-0.4, -0.2) is 16.5 Å². The Morgan fingerprint density at radius 3 is 2.55 bits per heavy atom. The molecule has 0 aliphatic heterocycles. The molecule has 1 aromatic heterocycles. The summed E-state index contributed by atoms with van der Waals surface area (Å²) >= 11 is 0.796. The Hall–Kier alpha value is -2.15. The largest absolute Gasteiger partial charge is 0.471 e. The zero-order valence-electron chi connectivity index (χ0n) is 10.0. The van der Waals surface area contributed by atoms with Gasteiger partial charge in [0.15, 0.2) is 0 Å². The summed E-state index contributed by atoms with van der Waals surface area (Å²) in [4.78, 5) is 10.7. The van der Waals surface area contributed by atoms with Crippen LogP contribution in [0.3, 0.4) is 0 Å². The van der Waals surface area contributed by atoms with E-state index in [0.717, 1.165) is 17.1 Å². The molecule has 0 fully saturated rings. The Morgan fingerprint density at radius 1 is 1.20 bits per heavy atom. The number of amides is 1. The lowest BCUT2D eigenvalue weighted by Gasteiger charge is -2.04. The third-order valence-electron chi connectivity index (χ3n) is 2.27. The van der Waals surface area contributed by atoms with E-state index < -0.39 is 12.1 Å². The number of halogens is 3. The van der Waals surface area contributed by atoms with E-state index in [-0.39, 0.29) is 5.00 Å². The van der Waals surface area contributed by atoms with Crippen LogP contribution in [0.5, 0.6) is 0 Å². The predicted octanol–water partition coefficient (Wildman–Crippen LogP) is 3.81. The van der Waals surface area contributed by atoms with E-state index in [1.54, 1.807) is 17.5 Å². The number of alkyl halides is 3. The van der Waals surface area contributed by atoms with Crippen LogP contribution in [0.4, 0.5) is 18.2 Å². The highest BCUT2D eigenvalue weighted by molar-refractivity contribution is 7.10. The van der Waals surface area contributed by atoms with E-state index >= 15 is 0 Å². The molecule has 0 bridgehead atoms. The van der Waals surface area contributed by atoms with Crippen LogP contribution >= 0.6 is 11.5 Å². The molecule has 104 valence electrons. The van der Waals surface area contributed by atoms with Gasteiger partial charge in [-0.3, -0.25) is 4.79 Å². The fourth-order valence-electron chi connectivity index (χ4n) is 1.35. The van der Waals surface area contributed by atoms with Gasteiger partial charge in [-0.25, -0.2) is 0 Å². The first kappa shape index (κ1) is 14.3. The molecule has 0 aliphatic carbocycles. The van der Waals surface area contributed by atoms with Crippen molar-refractivity contribution in [3.63, 3.8) is 0 Å². The topological polar surface area (TPSA) is 42.0 Å². The van der Waals surface area contributed by atoms with Gasteiger partial charge in [-0.15, -0.1) is 0 Å². The highest BCUT2D eigenvalue weighted by Gasteiger charge is 2.38. The van der Waals surface area contributed by atoms with Crippen LogP contribution in [0.15, 0.2) is 36.4 Å². The van der Waals surface area contributed by atoms with Gasteiger partial charge in [-0.1, -0.05) is 36.4 Å². The standard InChI is InChI=1S/C13H9F3N2OS/c14-13(15,16)12(19)17-11-8-10(18-20-11)7-6-9-4-2-1-3-5-9/h1-8H,(H,17,19)/b7-6+. The first-order valence-electron chi connectivity index (χ1n) is 5.53. The Balaban J connectivity index is 2.03. The Bertz CT molecular complexity index is 620. The molecule has 20 heavy (non-hydrogen) atoms. The average Bonchev–Trinajstić information content (AvgIpc) is 2.84. The zero-order chi connectivity index (χ0) is 14.6. The average molecular weight is 298 g/mol. The van der Waals surface area contributed by atoms with Crippen LogP contribution in [-0.2, 0) is 4.79 Å². The smallest absolute Gasteiger partial charge is 0.309 e. The van der Waals surface area contributed by atoms with Gasteiger partial charge in [0.1, 0.15) is 5.00 Å². The predicted molar refractivity (Wildman–Crippen MR) is 72.2 cm³/mol. The van der Waals surface area contributed by atoms with Gasteiger partial charge in [0.05, 0.1) is 5.69 Å². The maximum Gasteiger partial charge on any atom is 0.471 e. The van der Waals surface area contributed by atoms with Crippen molar-refractivity contribution < 1.29 is 18.0 Å². The number of nitrogens with one attached hydrogen (secondary N) is 1. The minimum absolute atomic E-state index is 0.0556. The molecular formula is C13H9F3N2OS. The van der Waals surface area contributed by atoms with Crippen molar-refractivity contribution in [1.29, 1.82) is 0 Å². The molecule has 1 N–H and O–H groups in total. The Morgan fingerprint density at radius 2 is 1.90 bits per heavy atom. The van der Waals surface area contributed by atoms with Crippen LogP contribution in [0.25, 0.3) is 12.2 Å². The van der Waals surface area contributed by atoms with Gasteiger partial charge in [-0.05, 0) is 23.2 Å². The molecule has 1 aromatic carbocycles. The van der Waals surface area contributed by atoms with Gasteiger partial charge in [0, 0.05) is 6.07 Å². The first-order valence-corrected chi connectivity index (χ1v) is 6.30. The van der Waals surface area contributed by atoms with E-state index in [1.807, 2.05) is 30.3 Å². The fraction of sp³-hybridized carbons (Fsp3) is 0.0769. The van der Waals surface area contributed by atoms with E-state index in [4.69, 9.17) is 0 Å². The summed E-state index contributed by atoms with van der Waals surface area (Å²) in [5.41, 5.74) is 1.43. The Labute approximate surface area is 116 Å². The zero-order valence-corrected chi connectivity index (χ0v) is 10.8. The quantitative estimate of drug-likeness (QED) is 0.936. The molecule has 0 radical (unpaired) electrons. The van der Waals surface area contributed by atoms with Crippen molar-refractivity contribution in [1.82, 2.24) is 4.37 Å². The second kappa shape index (κ2) is 5.87. The molecule has 0 spiro atoms. The summed E-state index contributed by atoms with van der Waals surface area (Å²) in [7, 11) is 0. The van der Waals surface area contributed by atoms with Crippen LogP contribution in [0.1, 0.15) is 11.3 Å². The SMILES string of the molecule is O=C(Nc1cc(/C=C/c2ccccc2)ns1)C(F)(F)F. The molecular weight excluding hydrogens is 289 g/mol. The lowest BCUT2D eigenvalue weighted by atomic mass is 10.2. The number of carbonyl (C=O) groups is 1. The minimum Gasteiger partial charge on any atom is -0.309 e. The molecule has 0 aliphatic rings. The number of benzene rings is 1. The van der Waals surface area contributed by atoms with E-state index in [9.17, 15) is 18.0 Å². The van der Waals surface area contributed by atoms with Crippen molar-refractivity contribution in [2.45, 2.75) is 6.18 Å². The second-order valence-corrected chi connectivity index (χ2v) is 4.62. The van der Waals surface area contributed by atoms with E-state index in [2.05, 4.69) is 4.37 Å². The molecule has 1 heterocycles. The lowest BCUT2D eigenvalue weighted by molar-refractivity contribution is -0.167. The summed E-state index contributed by atoms with van der Waals surface area (Å²) in [6.45, 7) is 0. The number of anilines is 1. The summed E-state index contributed by atoms with van der Waals surface area (Å²) in [6, 6.07) is 10.8. The molecule has 0 atom stereocenters. The van der Waals surface area contributed by atoms with Crippen molar-refractivity contribution in [3.8, 4) is 0 Å². The maximum atomic E-state index is 12.1. The van der Waals surface area contributed by atoms with Crippen molar-refractivity contribution in [2.24, 2.45) is 0 Å². The molecule has 2 aromatic rings. The van der Waals surface area contributed by atoms with Gasteiger partial charge in [0.25, 0.3) is 0 Å². The van der Waals surface area contributed by atoms with Gasteiger partial charge in [0.2, 0.25) is 0 Å². The molecule has 0 saturated carbocycles. The highest BCUT2D eigenvalue weighted by atomic mass is 32.1. The number of aromatic nitrogens is 1. The van der Waals surface area contributed by atoms with Gasteiger partial charge in [-0.2, -0.15) is 17.5 Å². The Kier molecular flexibility index (Phi) is 4.19. The normalized spacial score (nSPS) is 11.8. The number of hydrogen-bond donors (Lipinski definition) is 1. The minimum atomic E-state index is -4.90. The molecule has 0 unspecified atom stereocenters. The van der Waals surface area contributed by atoms with Crippen molar-refractivity contribution in [3.05, 3.63) is 47.7 Å². The van der Waals surface area contributed by atoms with E-state index in [0.29, 0.717) is 5.69 Å². The number of rotatable bonds is 3. The summed E-state index contributed by atoms with van der Waals surface area (Å²) in [5.74, 6) is -2.00. The highest BCUT2D eigenvalue weighted by Crippen LogP contribution is 2.22. The molecule has 7 heteroatoms. The number of hydrogen-bond acceptors (Lipinski definition) is 3. The van der Waals surface area contributed by atoms with Crippen LogP contribution in [0.2, 0.25) is 0 Å². The molecule has 1 amide bonds. The summed E-state index contributed by atoms with van der Waals surface area (Å²) in [6.07, 6.45) is -1.45. The monoisotopic (exact) mass is 298 g/mol. The molecule has 3 nitrogen and oxygen atoms in total. The number of carbonyl (C=O) groups excluding carboxylic acids is 1. The van der Waals surface area contributed by atoms with E-state index in [1.165, 1.54) is 6.07 Å². The first-order chi connectivity index (χ1) is 9.45. The van der Waals surface area contributed by atoms with Crippen LogP contribution < -0.4 is 5.32 Å². The fourth-order valence-corrected chi connectivity index (χ4v) is 1.98. The molecule has 0 saturated heterocycles. The number of nitrogens with zero attached hydrogens (tertiary/aromatic N) is 1. The summed E-state index contributed by atoms with van der Waals surface area (Å²) in [5, 5.41) is 1.81. The van der Waals surface area contributed by atoms with Crippen molar-refractivity contribution in [2.75, 3.05) is 5.32 Å².